The van der Waals surface area contributed by atoms with Crippen molar-refractivity contribution in [1.82, 2.24) is 4.67 Å². The standard InChI is InChI=1S/C14H24N3OPS/c1-3-16(4-2)19(15,18)17(20-14-11-8-12-14)13-9-6-5-7-10-13/h5-7,9-10,14H,3-4,8,11-12H2,1-2H3,(H2,15,18). The van der Waals surface area contributed by atoms with Crippen LogP contribution in [0.5, 0.6) is 0 Å². The lowest BCUT2D eigenvalue weighted by atomic mass is 10.0. The fourth-order valence-electron chi connectivity index (χ4n) is 2.21. The van der Waals surface area contributed by atoms with Gasteiger partial charge in [-0.2, -0.15) is 0 Å². The zero-order chi connectivity index (χ0) is 14.6. The molecular weight excluding hydrogens is 289 g/mol. The second kappa shape index (κ2) is 6.99. The Bertz CT molecular complexity index is 463. The molecule has 0 bridgehead atoms. The van der Waals surface area contributed by atoms with Crippen LogP contribution in [0.2, 0.25) is 0 Å². The molecule has 2 N–H and O–H groups in total. The molecule has 0 spiro atoms. The minimum atomic E-state index is -3.04. The van der Waals surface area contributed by atoms with Crippen LogP contribution in [0.1, 0.15) is 33.1 Å². The van der Waals surface area contributed by atoms with Crippen molar-refractivity contribution in [2.75, 3.05) is 17.2 Å². The topological polar surface area (TPSA) is 49.6 Å². The van der Waals surface area contributed by atoms with E-state index < -0.39 is 7.59 Å². The Kier molecular flexibility index (Phi) is 5.56. The highest BCUT2D eigenvalue weighted by molar-refractivity contribution is 8.07. The first-order chi connectivity index (χ1) is 9.59. The first kappa shape index (κ1) is 15.9. The fourth-order valence-corrected chi connectivity index (χ4v) is 6.04. The van der Waals surface area contributed by atoms with Gasteiger partial charge >= 0.3 is 7.59 Å². The van der Waals surface area contributed by atoms with Gasteiger partial charge in [0.2, 0.25) is 0 Å². The van der Waals surface area contributed by atoms with Gasteiger partial charge in [-0.25, -0.2) is 8.75 Å². The van der Waals surface area contributed by atoms with Gasteiger partial charge in [-0.15, -0.1) is 0 Å². The zero-order valence-corrected chi connectivity index (χ0v) is 13.9. The molecule has 1 aliphatic rings. The molecule has 4 nitrogen and oxygen atoms in total. The van der Waals surface area contributed by atoms with E-state index in [2.05, 4.69) is 0 Å². The minimum absolute atomic E-state index is 0.544. The molecule has 1 aromatic rings. The van der Waals surface area contributed by atoms with Crippen molar-refractivity contribution < 1.29 is 4.57 Å². The summed E-state index contributed by atoms with van der Waals surface area (Å²) in [4.78, 5) is 0. The van der Waals surface area contributed by atoms with Gasteiger partial charge < -0.3 is 0 Å². The van der Waals surface area contributed by atoms with Crippen molar-refractivity contribution >= 4 is 25.2 Å². The average Bonchev–Trinajstić information content (AvgIpc) is 2.39. The Hall–Kier alpha value is -0.480. The predicted molar refractivity (Wildman–Crippen MR) is 88.9 cm³/mol. The molecule has 1 unspecified atom stereocenters. The molecule has 1 atom stereocenters. The number of hydrogen-bond acceptors (Lipinski definition) is 2. The largest absolute Gasteiger partial charge is 0.315 e. The monoisotopic (exact) mass is 313 g/mol. The van der Waals surface area contributed by atoms with E-state index in [1.54, 1.807) is 11.9 Å². The van der Waals surface area contributed by atoms with Crippen LogP contribution >= 0.6 is 19.5 Å². The maximum Gasteiger partial charge on any atom is 0.315 e. The minimum Gasteiger partial charge on any atom is -0.263 e. The summed E-state index contributed by atoms with van der Waals surface area (Å²) in [5.41, 5.74) is 7.20. The number of para-hydroxylation sites is 1. The van der Waals surface area contributed by atoms with E-state index in [1.165, 1.54) is 19.3 Å². The third-order valence-corrected chi connectivity index (χ3v) is 7.97. The van der Waals surface area contributed by atoms with Gasteiger partial charge in [-0.05, 0) is 36.9 Å². The van der Waals surface area contributed by atoms with E-state index in [1.807, 2.05) is 52.9 Å². The van der Waals surface area contributed by atoms with Gasteiger partial charge in [0.15, 0.2) is 0 Å². The van der Waals surface area contributed by atoms with E-state index in [0.29, 0.717) is 18.3 Å². The second-order valence-corrected chi connectivity index (χ2v) is 8.65. The highest BCUT2D eigenvalue weighted by atomic mass is 32.2. The molecule has 1 saturated carbocycles. The fraction of sp³-hybridized carbons (Fsp3) is 0.571. The van der Waals surface area contributed by atoms with Crippen LogP contribution in [0, 0.1) is 0 Å². The third kappa shape index (κ3) is 3.40. The molecule has 0 amide bonds. The van der Waals surface area contributed by atoms with Crippen molar-refractivity contribution in [1.29, 1.82) is 0 Å². The molecule has 2 rings (SSSR count). The smallest absolute Gasteiger partial charge is 0.263 e. The Morgan fingerprint density at radius 1 is 1.25 bits per heavy atom. The zero-order valence-electron chi connectivity index (χ0n) is 12.2. The molecule has 6 heteroatoms. The third-order valence-electron chi connectivity index (χ3n) is 3.67. The van der Waals surface area contributed by atoms with Gasteiger partial charge in [0, 0.05) is 18.3 Å². The second-order valence-electron chi connectivity index (χ2n) is 4.99. The Balaban J connectivity index is 2.27. The summed E-state index contributed by atoms with van der Waals surface area (Å²) in [5.74, 6) is 0. The van der Waals surface area contributed by atoms with Crippen LogP contribution in [-0.2, 0) is 4.57 Å². The molecule has 112 valence electrons. The SMILES string of the molecule is CCN(CC)P(N)(=O)N(SC1CCC1)c1ccccc1. The van der Waals surface area contributed by atoms with Gasteiger partial charge in [0.05, 0.1) is 5.69 Å². The number of nitrogens with zero attached hydrogens (tertiary/aromatic N) is 2. The van der Waals surface area contributed by atoms with E-state index in [9.17, 15) is 4.57 Å². The van der Waals surface area contributed by atoms with E-state index in [4.69, 9.17) is 5.50 Å². The van der Waals surface area contributed by atoms with Gasteiger partial charge in [0.25, 0.3) is 0 Å². The van der Waals surface area contributed by atoms with Crippen LogP contribution in [0.15, 0.2) is 30.3 Å². The molecule has 0 aromatic heterocycles. The molecule has 1 aromatic carbocycles. The maximum atomic E-state index is 13.2. The van der Waals surface area contributed by atoms with E-state index in [-0.39, 0.29) is 0 Å². The normalized spacial score (nSPS) is 18.6. The average molecular weight is 313 g/mol. The van der Waals surface area contributed by atoms with Crippen LogP contribution in [0.3, 0.4) is 0 Å². The number of rotatable bonds is 7. The molecule has 0 radical (unpaired) electrons. The lowest BCUT2D eigenvalue weighted by Crippen LogP contribution is -2.34. The Morgan fingerprint density at radius 3 is 2.30 bits per heavy atom. The summed E-state index contributed by atoms with van der Waals surface area (Å²) in [7, 11) is -3.04. The molecule has 1 fully saturated rings. The first-order valence-electron chi connectivity index (χ1n) is 7.26. The summed E-state index contributed by atoms with van der Waals surface area (Å²) < 4.78 is 16.9. The van der Waals surface area contributed by atoms with Gasteiger partial charge in [0.1, 0.15) is 0 Å². The van der Waals surface area contributed by atoms with Crippen molar-refractivity contribution in [2.24, 2.45) is 5.50 Å². The van der Waals surface area contributed by atoms with Gasteiger partial charge in [-0.1, -0.05) is 38.5 Å². The van der Waals surface area contributed by atoms with Crippen LogP contribution in [0.4, 0.5) is 5.69 Å². The predicted octanol–water partition coefficient (Wildman–Crippen LogP) is 4.10. The molecule has 0 heterocycles. The number of anilines is 1. The van der Waals surface area contributed by atoms with Crippen LogP contribution in [-0.4, -0.2) is 23.0 Å². The highest BCUT2D eigenvalue weighted by Crippen LogP contribution is 2.54. The van der Waals surface area contributed by atoms with E-state index >= 15 is 0 Å². The number of hydrogen-bond donors (Lipinski definition) is 1. The molecule has 0 aliphatic heterocycles. The lowest BCUT2D eigenvalue weighted by molar-refractivity contribution is 0.444. The summed E-state index contributed by atoms with van der Waals surface area (Å²) in [5, 5.41) is 0.544. The summed E-state index contributed by atoms with van der Waals surface area (Å²) in [6, 6.07) is 9.86. The highest BCUT2D eigenvalue weighted by Gasteiger charge is 2.35. The van der Waals surface area contributed by atoms with Crippen LogP contribution in [0.25, 0.3) is 0 Å². The van der Waals surface area contributed by atoms with Crippen molar-refractivity contribution in [3.8, 4) is 0 Å². The Labute approximate surface area is 126 Å². The quantitative estimate of drug-likeness (QED) is 0.606. The maximum absolute atomic E-state index is 13.2. The number of benzene rings is 1. The van der Waals surface area contributed by atoms with Crippen molar-refractivity contribution in [2.45, 2.75) is 38.4 Å². The first-order valence-corrected chi connectivity index (χ1v) is 9.77. The van der Waals surface area contributed by atoms with E-state index in [0.717, 1.165) is 5.69 Å². The number of nitrogens with two attached hydrogens (primary N) is 1. The summed E-state index contributed by atoms with van der Waals surface area (Å²) in [6.45, 7) is 5.39. The van der Waals surface area contributed by atoms with Crippen LogP contribution < -0.4 is 9.58 Å². The summed E-state index contributed by atoms with van der Waals surface area (Å²) >= 11 is 1.65. The summed E-state index contributed by atoms with van der Waals surface area (Å²) in [6.07, 6.45) is 3.64. The Morgan fingerprint density at radius 2 is 1.85 bits per heavy atom. The molecule has 1 aliphatic carbocycles. The van der Waals surface area contributed by atoms with Crippen molar-refractivity contribution in [3.05, 3.63) is 30.3 Å². The molecule has 20 heavy (non-hydrogen) atoms. The van der Waals surface area contributed by atoms with Crippen molar-refractivity contribution in [3.63, 3.8) is 0 Å². The molecule has 0 saturated heterocycles. The van der Waals surface area contributed by atoms with Gasteiger partial charge in [-0.3, -0.25) is 10.1 Å². The molecular formula is C14H24N3OPS. The lowest BCUT2D eigenvalue weighted by Gasteiger charge is -2.39.